The van der Waals surface area contributed by atoms with Crippen molar-refractivity contribution in [3.05, 3.63) is 46.3 Å². The lowest BCUT2D eigenvalue weighted by molar-refractivity contribution is -0.384. The highest BCUT2D eigenvalue weighted by Crippen LogP contribution is 2.27. The molecule has 1 aliphatic heterocycles. The molecule has 1 amide bonds. The summed E-state index contributed by atoms with van der Waals surface area (Å²) in [6.07, 6.45) is 1.96. The molecule has 1 saturated heterocycles. The van der Waals surface area contributed by atoms with Gasteiger partial charge in [-0.15, -0.1) is 5.10 Å². The molecule has 0 saturated carbocycles. The Bertz CT molecular complexity index is 837. The van der Waals surface area contributed by atoms with Crippen LogP contribution in [0.4, 0.5) is 5.69 Å². The maximum Gasteiger partial charge on any atom is 0.274 e. The van der Waals surface area contributed by atoms with Crippen molar-refractivity contribution in [2.45, 2.75) is 12.0 Å². The molecular weight excluding hydrogens is 332 g/mol. The van der Waals surface area contributed by atoms with Gasteiger partial charge in [0.05, 0.1) is 22.9 Å². The number of non-ortho nitro benzene ring substituents is 1. The monoisotopic (exact) mass is 344 g/mol. The molecule has 1 aromatic heterocycles. The molecule has 0 spiro atoms. The fraction of sp³-hybridized carbons (Fsp3) is 0.286. The first-order valence-corrected chi connectivity index (χ1v) is 8.17. The largest absolute Gasteiger partial charge is 0.332 e. The van der Waals surface area contributed by atoms with Crippen molar-refractivity contribution in [3.8, 4) is 11.8 Å². The Kier molecular flexibility index (Phi) is 4.18. The van der Waals surface area contributed by atoms with Gasteiger partial charge < -0.3 is 5.32 Å². The van der Waals surface area contributed by atoms with Crippen LogP contribution in [0.5, 0.6) is 0 Å². The Hall–Kier alpha value is -2.93. The molecule has 10 heteroatoms. The van der Waals surface area contributed by atoms with Crippen LogP contribution < -0.4 is 5.32 Å². The summed E-state index contributed by atoms with van der Waals surface area (Å²) in [4.78, 5) is 22.6. The summed E-state index contributed by atoms with van der Waals surface area (Å²) in [6.45, 7) is 0. The molecule has 0 aliphatic carbocycles. The van der Waals surface area contributed by atoms with Gasteiger partial charge >= 0.3 is 0 Å². The third-order valence-electron chi connectivity index (χ3n) is 3.62. The number of amides is 1. The lowest BCUT2D eigenvalue weighted by Gasteiger charge is -2.20. The predicted octanol–water partition coefficient (Wildman–Crippen LogP) is 1.30. The number of carbonyl (C=O) groups excluding carboxylic acids is 1. The molecule has 0 unspecified atom stereocenters. The van der Waals surface area contributed by atoms with E-state index in [0.717, 1.165) is 5.75 Å². The second kappa shape index (κ2) is 6.29. The second-order valence-electron chi connectivity index (χ2n) is 5.28. The highest BCUT2D eigenvalue weighted by molar-refractivity contribution is 7.99. The number of nitro benzene ring substituents is 1. The van der Waals surface area contributed by atoms with Crippen LogP contribution in [-0.4, -0.2) is 42.9 Å². The molecular formula is C14H12N6O3S. The number of benzene rings is 1. The topological polar surface area (TPSA) is 127 Å². The summed E-state index contributed by atoms with van der Waals surface area (Å²) in [5.74, 6) is 0.860. The third-order valence-corrected chi connectivity index (χ3v) is 4.81. The molecule has 1 atom stereocenters. The van der Waals surface area contributed by atoms with E-state index in [4.69, 9.17) is 0 Å². The van der Waals surface area contributed by atoms with E-state index in [9.17, 15) is 20.2 Å². The van der Waals surface area contributed by atoms with Gasteiger partial charge in [-0.05, 0) is 18.2 Å². The molecule has 1 aliphatic rings. The van der Waals surface area contributed by atoms with E-state index in [-0.39, 0.29) is 11.4 Å². The average molecular weight is 344 g/mol. The Morgan fingerprint density at radius 2 is 2.38 bits per heavy atom. The van der Waals surface area contributed by atoms with E-state index in [0.29, 0.717) is 17.9 Å². The number of aromatic nitrogens is 3. The quantitative estimate of drug-likeness (QED) is 0.654. The van der Waals surface area contributed by atoms with E-state index in [1.807, 2.05) is 0 Å². The zero-order valence-electron chi connectivity index (χ0n) is 12.4. The van der Waals surface area contributed by atoms with Crippen LogP contribution in [0.2, 0.25) is 0 Å². The number of hydrogen-bond acceptors (Lipinski definition) is 7. The highest BCUT2D eigenvalue weighted by atomic mass is 32.2. The first kappa shape index (κ1) is 15.9. The van der Waals surface area contributed by atoms with Crippen molar-refractivity contribution in [2.24, 2.45) is 0 Å². The molecule has 1 N–H and O–H groups in total. The van der Waals surface area contributed by atoms with E-state index < -0.39 is 16.4 Å². The minimum Gasteiger partial charge on any atom is -0.332 e. The van der Waals surface area contributed by atoms with Crippen LogP contribution in [0.15, 0.2) is 30.5 Å². The zero-order valence-corrected chi connectivity index (χ0v) is 13.2. The number of carbonyl (C=O) groups is 1. The molecule has 2 aromatic rings. The minimum absolute atomic E-state index is 0.0491. The van der Waals surface area contributed by atoms with E-state index in [1.54, 1.807) is 17.8 Å². The Labute approximate surface area is 140 Å². The summed E-state index contributed by atoms with van der Waals surface area (Å²) in [7, 11) is 0. The lowest BCUT2D eigenvalue weighted by atomic mass is 10.0. The predicted molar refractivity (Wildman–Crippen MR) is 85.8 cm³/mol. The number of nitriles is 1. The Morgan fingerprint density at radius 3 is 3.04 bits per heavy atom. The van der Waals surface area contributed by atoms with Gasteiger partial charge in [-0.1, -0.05) is 11.3 Å². The SMILES string of the molecule is N#C[C@@]1(NC(=O)c2cn(-c3cccc([N+](=O)[O-])c3)nn2)CCSC1. The number of rotatable bonds is 4. The number of thioether (sulfide) groups is 1. The summed E-state index contributed by atoms with van der Waals surface area (Å²) >= 11 is 1.61. The fourth-order valence-corrected chi connectivity index (χ4v) is 3.57. The molecule has 2 heterocycles. The van der Waals surface area contributed by atoms with Gasteiger partial charge in [-0.3, -0.25) is 14.9 Å². The van der Waals surface area contributed by atoms with Gasteiger partial charge in [0.1, 0.15) is 5.54 Å². The maximum atomic E-state index is 12.3. The number of nitrogens with zero attached hydrogens (tertiary/aromatic N) is 5. The standard InChI is InChI=1S/C14H12N6O3S/c15-8-14(4-5-24-9-14)16-13(21)12-7-19(18-17-12)10-2-1-3-11(6-10)20(22)23/h1-3,6-7H,4-5,9H2,(H,16,21)/t14-/m0/s1. The summed E-state index contributed by atoms with van der Waals surface area (Å²) in [6, 6.07) is 7.99. The van der Waals surface area contributed by atoms with Crippen LogP contribution in [-0.2, 0) is 0 Å². The first-order valence-electron chi connectivity index (χ1n) is 7.02. The van der Waals surface area contributed by atoms with Crippen LogP contribution in [0, 0.1) is 21.4 Å². The second-order valence-corrected chi connectivity index (χ2v) is 6.38. The van der Waals surface area contributed by atoms with Crippen molar-refractivity contribution in [1.29, 1.82) is 5.26 Å². The minimum atomic E-state index is -0.878. The Morgan fingerprint density at radius 1 is 1.54 bits per heavy atom. The highest BCUT2D eigenvalue weighted by Gasteiger charge is 2.36. The fourth-order valence-electron chi connectivity index (χ4n) is 2.30. The Balaban J connectivity index is 1.80. The van der Waals surface area contributed by atoms with Crippen LogP contribution in [0.1, 0.15) is 16.9 Å². The molecule has 0 radical (unpaired) electrons. The van der Waals surface area contributed by atoms with E-state index in [1.165, 1.54) is 29.1 Å². The average Bonchev–Trinajstić information content (AvgIpc) is 3.25. The van der Waals surface area contributed by atoms with Crippen molar-refractivity contribution in [1.82, 2.24) is 20.3 Å². The van der Waals surface area contributed by atoms with Gasteiger partial charge in [0.15, 0.2) is 5.69 Å². The number of nitro groups is 1. The van der Waals surface area contributed by atoms with Gasteiger partial charge in [-0.25, -0.2) is 4.68 Å². The van der Waals surface area contributed by atoms with Gasteiger partial charge in [0.2, 0.25) is 0 Å². The number of hydrogen-bond donors (Lipinski definition) is 1. The van der Waals surface area contributed by atoms with E-state index >= 15 is 0 Å². The first-order chi connectivity index (χ1) is 11.5. The van der Waals surface area contributed by atoms with Crippen molar-refractivity contribution >= 4 is 23.4 Å². The molecule has 24 heavy (non-hydrogen) atoms. The third kappa shape index (κ3) is 3.07. The number of nitrogens with one attached hydrogen (secondary N) is 1. The van der Waals surface area contributed by atoms with Crippen LogP contribution in [0.3, 0.4) is 0 Å². The summed E-state index contributed by atoms with van der Waals surface area (Å²) in [5, 5.41) is 30.4. The van der Waals surface area contributed by atoms with Crippen molar-refractivity contribution < 1.29 is 9.72 Å². The zero-order chi connectivity index (χ0) is 17.2. The molecule has 1 aromatic carbocycles. The molecule has 3 rings (SSSR count). The van der Waals surface area contributed by atoms with Crippen LogP contribution in [0.25, 0.3) is 5.69 Å². The summed E-state index contributed by atoms with van der Waals surface area (Å²) in [5.41, 5.74) is -0.493. The molecule has 122 valence electrons. The van der Waals surface area contributed by atoms with Crippen molar-refractivity contribution in [2.75, 3.05) is 11.5 Å². The normalized spacial score (nSPS) is 19.6. The van der Waals surface area contributed by atoms with Gasteiger partial charge in [0, 0.05) is 17.9 Å². The summed E-state index contributed by atoms with van der Waals surface area (Å²) < 4.78 is 1.28. The lowest BCUT2D eigenvalue weighted by Crippen LogP contribution is -2.47. The van der Waals surface area contributed by atoms with E-state index in [2.05, 4.69) is 21.7 Å². The molecule has 1 fully saturated rings. The van der Waals surface area contributed by atoms with Gasteiger partial charge in [0.25, 0.3) is 11.6 Å². The van der Waals surface area contributed by atoms with Crippen molar-refractivity contribution in [3.63, 3.8) is 0 Å². The smallest absolute Gasteiger partial charge is 0.274 e. The maximum absolute atomic E-state index is 12.3. The molecule has 9 nitrogen and oxygen atoms in total. The molecule has 0 bridgehead atoms. The van der Waals surface area contributed by atoms with Crippen LogP contribution >= 0.6 is 11.8 Å². The van der Waals surface area contributed by atoms with Gasteiger partial charge in [-0.2, -0.15) is 17.0 Å².